The zero-order valence-corrected chi connectivity index (χ0v) is 23.1. The molecule has 3 aromatic rings. The van der Waals surface area contributed by atoms with Gasteiger partial charge in [0.15, 0.2) is 0 Å². The molecule has 1 unspecified atom stereocenters. The van der Waals surface area contributed by atoms with E-state index in [-0.39, 0.29) is 0 Å². The Morgan fingerprint density at radius 2 is 1.94 bits per heavy atom. The number of allylic oxidation sites excluding steroid dienone is 1. The summed E-state index contributed by atoms with van der Waals surface area (Å²) in [5.74, 6) is 2.28. The molecule has 8 nitrogen and oxygen atoms in total. The van der Waals surface area contributed by atoms with E-state index < -0.39 is 27.8 Å². The summed E-state index contributed by atoms with van der Waals surface area (Å²) < 4.78 is 26.4. The molecule has 1 aromatic carbocycles. The summed E-state index contributed by atoms with van der Waals surface area (Å²) in [4.78, 5) is 2.26. The second kappa shape index (κ2) is 11.3. The van der Waals surface area contributed by atoms with Gasteiger partial charge in [-0.15, -0.1) is 0 Å². The number of aliphatic hydroxyl groups is 1. The van der Waals surface area contributed by atoms with Gasteiger partial charge in [0.05, 0.1) is 0 Å². The first-order valence-electron chi connectivity index (χ1n) is 12.4. The van der Waals surface area contributed by atoms with Gasteiger partial charge >= 0.3 is 223 Å². The number of halogens is 1. The van der Waals surface area contributed by atoms with Crippen molar-refractivity contribution in [3.8, 4) is 11.1 Å². The summed E-state index contributed by atoms with van der Waals surface area (Å²) in [6.45, 7) is 9.26. The Morgan fingerprint density at radius 3 is 2.64 bits per heavy atom. The van der Waals surface area contributed by atoms with Crippen LogP contribution in [0.25, 0.3) is 16.6 Å². The number of morpholine rings is 1. The summed E-state index contributed by atoms with van der Waals surface area (Å²) >= 11 is -0.528. The quantitative estimate of drug-likeness (QED) is 0.311. The Morgan fingerprint density at radius 1 is 1.17 bits per heavy atom. The molecule has 2 aliphatic rings. The Bertz CT molecular complexity index is 1280. The van der Waals surface area contributed by atoms with Crippen LogP contribution in [0, 0.1) is 0 Å². The van der Waals surface area contributed by atoms with Gasteiger partial charge in [0.1, 0.15) is 0 Å². The summed E-state index contributed by atoms with van der Waals surface area (Å²) in [5.41, 5.74) is 5.31. The molecule has 1 N–H and O–H groups in total. The fourth-order valence-corrected chi connectivity index (χ4v) is 5.97. The molecule has 0 aliphatic carbocycles. The summed E-state index contributed by atoms with van der Waals surface area (Å²) in [5, 5.41) is 16.5. The number of hydrogen-bond donors (Lipinski definition) is 1. The van der Waals surface area contributed by atoms with Crippen molar-refractivity contribution in [3.05, 3.63) is 63.1 Å². The molecule has 2 aliphatic heterocycles. The average molecular weight is 603 g/mol. The van der Waals surface area contributed by atoms with Crippen molar-refractivity contribution < 1.29 is 40.8 Å². The molecule has 9 heteroatoms. The predicted octanol–water partition coefficient (Wildman–Crippen LogP) is 1.46. The van der Waals surface area contributed by atoms with Crippen molar-refractivity contribution in [1.29, 1.82) is 0 Å². The normalized spacial score (nSPS) is 17.3. The van der Waals surface area contributed by atoms with E-state index in [0.29, 0.717) is 31.3 Å². The molecule has 1 saturated heterocycles. The monoisotopic (exact) mass is 603 g/mol. The van der Waals surface area contributed by atoms with Crippen LogP contribution in [0.4, 0.5) is 5.82 Å². The third-order valence-corrected chi connectivity index (χ3v) is 8.16. The van der Waals surface area contributed by atoms with Crippen molar-refractivity contribution >= 4 is 17.2 Å². The molecule has 2 aromatic heterocycles. The van der Waals surface area contributed by atoms with E-state index in [1.807, 2.05) is 36.6 Å². The van der Waals surface area contributed by atoms with E-state index in [4.69, 9.17) is 22.5 Å². The minimum absolute atomic E-state index is 0.375. The maximum atomic E-state index is 11.4. The Labute approximate surface area is 222 Å². The number of aryl methyl sites for hydroxylation is 1. The topological polar surface area (TPSA) is 80.8 Å². The molecule has 0 spiro atoms. The summed E-state index contributed by atoms with van der Waals surface area (Å²) in [7, 11) is 0. The molecule has 0 radical (unpaired) electrons. The first-order valence-corrected chi connectivity index (χ1v) is 14.6. The van der Waals surface area contributed by atoms with E-state index in [0.717, 1.165) is 65.4 Å². The number of anilines is 1. The van der Waals surface area contributed by atoms with Gasteiger partial charge in [0, 0.05) is 0 Å². The van der Waals surface area contributed by atoms with Crippen LogP contribution in [0.3, 0.4) is 0 Å². The van der Waals surface area contributed by atoms with E-state index in [9.17, 15) is 5.11 Å². The Balaban J connectivity index is 1.85. The van der Waals surface area contributed by atoms with Gasteiger partial charge in [-0.25, -0.2) is 0 Å². The van der Waals surface area contributed by atoms with Crippen molar-refractivity contribution in [2.24, 2.45) is 3.21 Å². The minimum atomic E-state index is -1.14. The second-order valence-electron chi connectivity index (χ2n) is 8.74. The van der Waals surface area contributed by atoms with Crippen molar-refractivity contribution in [2.45, 2.75) is 39.9 Å². The van der Waals surface area contributed by atoms with Gasteiger partial charge in [-0.1, -0.05) is 0 Å². The van der Waals surface area contributed by atoms with Gasteiger partial charge in [-0.05, 0) is 0 Å². The van der Waals surface area contributed by atoms with E-state index in [1.54, 1.807) is 0 Å². The Kier molecular flexibility index (Phi) is 7.90. The van der Waals surface area contributed by atoms with E-state index in [2.05, 4.69) is 34.1 Å². The molecule has 0 saturated carbocycles. The average Bonchev–Trinajstić information content (AvgIpc) is 3.24. The Hall–Kier alpha value is -2.47. The first-order chi connectivity index (χ1) is 17.6. The molecule has 0 bridgehead atoms. The molecule has 5 rings (SSSR count). The van der Waals surface area contributed by atoms with Gasteiger partial charge in [0.2, 0.25) is 0 Å². The van der Waals surface area contributed by atoms with Gasteiger partial charge in [-0.2, -0.15) is 0 Å². The number of aromatic nitrogens is 2. The number of benzene rings is 1. The van der Waals surface area contributed by atoms with Crippen LogP contribution in [0.1, 0.15) is 50.3 Å². The number of ether oxygens (including phenoxy) is 3. The molecule has 192 valence electrons. The fourth-order valence-electron chi connectivity index (χ4n) is 4.72. The van der Waals surface area contributed by atoms with E-state index >= 15 is 0 Å². The van der Waals surface area contributed by atoms with Crippen LogP contribution < -0.4 is 26.4 Å². The first kappa shape index (κ1) is 25.2. The van der Waals surface area contributed by atoms with Crippen molar-refractivity contribution in [3.63, 3.8) is 0 Å². The molecule has 1 atom stereocenters. The number of hydrogen-bond acceptors (Lipinski definition) is 7. The number of nitrogens with zero attached hydrogens (tertiary/aromatic N) is 4. The van der Waals surface area contributed by atoms with Crippen LogP contribution in [-0.2, 0) is 20.6 Å². The third-order valence-electron chi connectivity index (χ3n) is 6.29. The van der Waals surface area contributed by atoms with Crippen LogP contribution in [0.15, 0.2) is 49.4 Å². The van der Waals surface area contributed by atoms with Crippen LogP contribution in [0.2, 0.25) is 0 Å². The van der Waals surface area contributed by atoms with Crippen LogP contribution in [0.5, 0.6) is 0 Å². The van der Waals surface area contributed by atoms with Gasteiger partial charge < -0.3 is 0 Å². The molecule has 36 heavy (non-hydrogen) atoms. The number of fused-ring (bicyclic) bond motifs is 1. The zero-order chi connectivity index (χ0) is 25.1. The van der Waals surface area contributed by atoms with Crippen molar-refractivity contribution in [2.75, 3.05) is 37.8 Å². The predicted molar refractivity (Wildman–Crippen MR) is 136 cm³/mol. The molecule has 4 heterocycles. The summed E-state index contributed by atoms with van der Waals surface area (Å²) in [6, 6.07) is 12.4. The van der Waals surface area contributed by atoms with Gasteiger partial charge in [0.25, 0.3) is 0 Å². The molecule has 1 fully saturated rings. The third kappa shape index (κ3) is 4.89. The number of rotatable bonds is 8. The standard InChI is InChI=1S/C27H32IN4O4/c1-4-9-21-23(26-29-28-17-18(3)36-26)24(27(33)35-5-2)25-20(19-10-7-6-8-11-19)16-22(30-32(21)25)31-12-14-34-15-13-31/h6-8,10-11,16-17,27,33H,4-5,9,12-15H2,1-3H3/q-1. The van der Waals surface area contributed by atoms with Gasteiger partial charge in [-0.3, -0.25) is 0 Å². The van der Waals surface area contributed by atoms with E-state index in [1.165, 1.54) is 0 Å². The molecular formula is C27H32IN4O4-. The number of aliphatic hydroxyl groups excluding tert-OH is 1. The van der Waals surface area contributed by atoms with Crippen LogP contribution >= 0.6 is 0 Å². The fraction of sp³-hybridized carbons (Fsp3) is 0.407. The van der Waals surface area contributed by atoms with Crippen molar-refractivity contribution in [1.82, 2.24) is 9.61 Å². The maximum absolute atomic E-state index is 11.4. The molecule has 0 amide bonds. The second-order valence-corrected chi connectivity index (χ2v) is 10.4. The zero-order valence-electron chi connectivity index (χ0n) is 20.9. The molecular weight excluding hydrogens is 571 g/mol. The summed E-state index contributed by atoms with van der Waals surface area (Å²) in [6.07, 6.45) is 0.525. The SMILES string of the molecule is CCCc1c(C2=N[I-]C=C(C)O2)c(C(O)OCC)c2c(-c3ccccc3)cc(N3CCOCC3)nn12. The van der Waals surface area contributed by atoms with Crippen LogP contribution in [-0.4, -0.2) is 53.5 Å².